The molecule has 1 aliphatic rings. The van der Waals surface area contributed by atoms with Crippen LogP contribution in [0.3, 0.4) is 0 Å². The van der Waals surface area contributed by atoms with Crippen molar-refractivity contribution in [2.24, 2.45) is 0 Å². The number of amides is 1. The summed E-state index contributed by atoms with van der Waals surface area (Å²) in [7, 11) is 0. The Hall–Kier alpha value is -2.50. The molecule has 1 fully saturated rings. The Morgan fingerprint density at radius 3 is 2.71 bits per heavy atom. The van der Waals surface area contributed by atoms with Crippen LogP contribution in [-0.2, 0) is 4.79 Å². The third-order valence-electron chi connectivity index (χ3n) is 3.72. The molecule has 1 amide bonds. The molecule has 0 aliphatic carbocycles. The molecule has 1 saturated heterocycles. The minimum Gasteiger partial charge on any atom is -0.480 e. The van der Waals surface area contributed by atoms with Crippen molar-refractivity contribution in [3.05, 3.63) is 36.2 Å². The Morgan fingerprint density at radius 2 is 1.95 bits per heavy atom. The average molecular weight is 285 g/mol. The number of carbonyl (C=O) groups is 2. The van der Waals surface area contributed by atoms with Crippen molar-refractivity contribution in [2.75, 3.05) is 6.54 Å². The molecule has 6 heteroatoms. The molecule has 2 heterocycles. The van der Waals surface area contributed by atoms with Crippen LogP contribution in [0.5, 0.6) is 0 Å². The van der Waals surface area contributed by atoms with E-state index in [2.05, 4.69) is 9.97 Å². The van der Waals surface area contributed by atoms with Gasteiger partial charge in [-0.2, -0.15) is 0 Å². The summed E-state index contributed by atoms with van der Waals surface area (Å²) in [4.78, 5) is 33.7. The summed E-state index contributed by atoms with van der Waals surface area (Å²) in [5.74, 6) is -1.32. The summed E-state index contributed by atoms with van der Waals surface area (Å²) < 4.78 is 0. The minimum absolute atomic E-state index is 0.196. The predicted octanol–water partition coefficient (Wildman–Crippen LogP) is 1.71. The third-order valence-corrected chi connectivity index (χ3v) is 3.72. The number of hydrogen-bond donors (Lipinski definition) is 1. The molecule has 2 aromatic rings. The second-order valence-electron chi connectivity index (χ2n) is 5.09. The first-order valence-corrected chi connectivity index (χ1v) is 6.92. The van der Waals surface area contributed by atoms with Crippen LogP contribution in [0.2, 0.25) is 0 Å². The van der Waals surface area contributed by atoms with E-state index in [1.54, 1.807) is 6.07 Å². The normalized spacial score (nSPS) is 18.7. The second-order valence-corrected chi connectivity index (χ2v) is 5.09. The maximum absolute atomic E-state index is 12.5. The van der Waals surface area contributed by atoms with Crippen molar-refractivity contribution in [2.45, 2.75) is 25.3 Å². The van der Waals surface area contributed by atoms with Crippen molar-refractivity contribution in [1.82, 2.24) is 14.9 Å². The first kappa shape index (κ1) is 13.5. The number of rotatable bonds is 2. The Bertz CT molecular complexity index is 701. The van der Waals surface area contributed by atoms with Crippen LogP contribution in [0.25, 0.3) is 11.0 Å². The Kier molecular flexibility index (Phi) is 3.51. The molecule has 21 heavy (non-hydrogen) atoms. The van der Waals surface area contributed by atoms with Crippen molar-refractivity contribution < 1.29 is 14.7 Å². The van der Waals surface area contributed by atoms with Crippen LogP contribution in [0.1, 0.15) is 29.8 Å². The van der Waals surface area contributed by atoms with Gasteiger partial charge in [-0.25, -0.2) is 9.78 Å². The molecule has 1 aromatic carbocycles. The van der Waals surface area contributed by atoms with E-state index >= 15 is 0 Å². The van der Waals surface area contributed by atoms with Gasteiger partial charge in [-0.15, -0.1) is 0 Å². The number of fused-ring (bicyclic) bond motifs is 1. The monoisotopic (exact) mass is 285 g/mol. The lowest BCUT2D eigenvalue weighted by atomic mass is 10.0. The second kappa shape index (κ2) is 5.47. The number of aromatic nitrogens is 2. The number of likely N-dealkylation sites (tertiary alicyclic amines) is 1. The molecule has 3 rings (SSSR count). The lowest BCUT2D eigenvalue weighted by molar-refractivity contribution is -0.143. The van der Waals surface area contributed by atoms with Crippen molar-refractivity contribution in [3.8, 4) is 0 Å². The summed E-state index contributed by atoms with van der Waals surface area (Å²) in [6.45, 7) is 0.449. The molecule has 0 radical (unpaired) electrons. The van der Waals surface area contributed by atoms with E-state index in [1.807, 2.05) is 18.2 Å². The number of piperidine rings is 1. The number of carboxylic acids is 1. The largest absolute Gasteiger partial charge is 0.480 e. The first-order chi connectivity index (χ1) is 10.2. The van der Waals surface area contributed by atoms with Crippen LogP contribution >= 0.6 is 0 Å². The summed E-state index contributed by atoms with van der Waals surface area (Å²) in [5, 5.41) is 9.25. The van der Waals surface area contributed by atoms with Crippen LogP contribution in [0.4, 0.5) is 0 Å². The van der Waals surface area contributed by atoms with Gasteiger partial charge in [-0.3, -0.25) is 9.78 Å². The molecule has 1 atom stereocenters. The maximum Gasteiger partial charge on any atom is 0.326 e. The Balaban J connectivity index is 1.93. The van der Waals surface area contributed by atoms with Crippen molar-refractivity contribution in [3.63, 3.8) is 0 Å². The first-order valence-electron chi connectivity index (χ1n) is 6.92. The van der Waals surface area contributed by atoms with Gasteiger partial charge in [0.2, 0.25) is 0 Å². The topological polar surface area (TPSA) is 83.4 Å². The quantitative estimate of drug-likeness (QED) is 0.908. The van der Waals surface area contributed by atoms with Gasteiger partial charge in [0.25, 0.3) is 5.91 Å². The molecule has 1 N–H and O–H groups in total. The van der Waals surface area contributed by atoms with Crippen LogP contribution in [-0.4, -0.2) is 44.4 Å². The standard InChI is InChI=1S/C15H15N3O3/c19-14(18-8-4-3-7-13(18)15(20)21)12-9-16-10-5-1-2-6-11(10)17-12/h1-2,5-6,9,13H,3-4,7-8H2,(H,20,21)/t13-/m0/s1. The predicted molar refractivity (Wildman–Crippen MR) is 75.8 cm³/mol. The van der Waals surface area contributed by atoms with E-state index in [-0.39, 0.29) is 11.6 Å². The molecular formula is C15H15N3O3. The van der Waals surface area contributed by atoms with Crippen molar-refractivity contribution in [1.29, 1.82) is 0 Å². The van der Waals surface area contributed by atoms with E-state index < -0.39 is 12.0 Å². The smallest absolute Gasteiger partial charge is 0.326 e. The van der Waals surface area contributed by atoms with Crippen LogP contribution in [0, 0.1) is 0 Å². The van der Waals surface area contributed by atoms with E-state index in [0.717, 1.165) is 12.8 Å². The number of hydrogen-bond acceptors (Lipinski definition) is 4. The molecule has 108 valence electrons. The number of benzene rings is 1. The zero-order valence-electron chi connectivity index (χ0n) is 11.4. The molecule has 1 aliphatic heterocycles. The molecule has 0 bridgehead atoms. The zero-order chi connectivity index (χ0) is 14.8. The maximum atomic E-state index is 12.5. The van der Waals surface area contributed by atoms with Gasteiger partial charge >= 0.3 is 5.97 Å². The third kappa shape index (κ3) is 2.56. The average Bonchev–Trinajstić information content (AvgIpc) is 2.53. The highest BCUT2D eigenvalue weighted by molar-refractivity contribution is 5.96. The molecule has 0 unspecified atom stereocenters. The van der Waals surface area contributed by atoms with Crippen molar-refractivity contribution >= 4 is 22.9 Å². The lowest BCUT2D eigenvalue weighted by Crippen LogP contribution is -2.48. The molecular weight excluding hydrogens is 270 g/mol. The summed E-state index contributed by atoms with van der Waals surface area (Å²) in [6, 6.07) is 6.51. The number of nitrogens with zero attached hydrogens (tertiary/aromatic N) is 3. The van der Waals surface area contributed by atoms with E-state index in [0.29, 0.717) is 24.0 Å². The minimum atomic E-state index is -0.961. The van der Waals surface area contributed by atoms with Gasteiger partial charge in [0.1, 0.15) is 11.7 Å². The number of carbonyl (C=O) groups excluding carboxylic acids is 1. The summed E-state index contributed by atoms with van der Waals surface area (Å²) >= 11 is 0. The molecule has 0 spiro atoms. The summed E-state index contributed by atoms with van der Waals surface area (Å²) in [6.07, 6.45) is 3.54. The lowest BCUT2D eigenvalue weighted by Gasteiger charge is -2.32. The van der Waals surface area contributed by atoms with Crippen LogP contribution < -0.4 is 0 Å². The van der Waals surface area contributed by atoms with E-state index in [1.165, 1.54) is 11.1 Å². The summed E-state index contributed by atoms with van der Waals surface area (Å²) in [5.41, 5.74) is 1.54. The molecule has 0 saturated carbocycles. The van der Waals surface area contributed by atoms with Gasteiger partial charge in [-0.05, 0) is 31.4 Å². The number of para-hydroxylation sites is 2. The molecule has 1 aromatic heterocycles. The van der Waals surface area contributed by atoms with E-state index in [4.69, 9.17) is 0 Å². The highest BCUT2D eigenvalue weighted by Crippen LogP contribution is 2.20. The highest BCUT2D eigenvalue weighted by Gasteiger charge is 2.33. The van der Waals surface area contributed by atoms with Crippen LogP contribution in [0.15, 0.2) is 30.5 Å². The van der Waals surface area contributed by atoms with E-state index in [9.17, 15) is 14.7 Å². The highest BCUT2D eigenvalue weighted by atomic mass is 16.4. The van der Waals surface area contributed by atoms with Gasteiger partial charge in [-0.1, -0.05) is 12.1 Å². The Morgan fingerprint density at radius 1 is 1.19 bits per heavy atom. The fraction of sp³-hybridized carbons (Fsp3) is 0.333. The fourth-order valence-corrected chi connectivity index (χ4v) is 2.64. The number of carboxylic acid groups (broad SMARTS) is 1. The van der Waals surface area contributed by atoms with Gasteiger partial charge in [0.05, 0.1) is 17.2 Å². The fourth-order valence-electron chi connectivity index (χ4n) is 2.64. The van der Waals surface area contributed by atoms with Gasteiger partial charge < -0.3 is 10.0 Å². The zero-order valence-corrected chi connectivity index (χ0v) is 11.4. The van der Waals surface area contributed by atoms with Gasteiger partial charge in [0.15, 0.2) is 0 Å². The number of aliphatic carboxylic acids is 1. The SMILES string of the molecule is O=C(O)[C@@H]1CCCCN1C(=O)c1cnc2ccccc2n1. The van der Waals surface area contributed by atoms with Gasteiger partial charge in [0, 0.05) is 6.54 Å². The molecule has 6 nitrogen and oxygen atoms in total. The Labute approximate surface area is 121 Å².